The predicted octanol–water partition coefficient (Wildman–Crippen LogP) is 2.09. The van der Waals surface area contributed by atoms with Gasteiger partial charge in [-0.1, -0.05) is 24.3 Å². The highest BCUT2D eigenvalue weighted by Gasteiger charge is 2.35. The van der Waals surface area contributed by atoms with Crippen LogP contribution in [0.4, 0.5) is 0 Å². The van der Waals surface area contributed by atoms with Crippen molar-refractivity contribution in [1.29, 1.82) is 0 Å². The topological polar surface area (TPSA) is 40.5 Å². The molecule has 2 unspecified atom stereocenters. The van der Waals surface area contributed by atoms with Crippen molar-refractivity contribution in [1.82, 2.24) is 4.90 Å². The molecule has 1 aliphatic heterocycles. The Morgan fingerprint density at radius 1 is 1.26 bits per heavy atom. The van der Waals surface area contributed by atoms with E-state index in [1.807, 2.05) is 11.0 Å². The molecule has 1 aromatic rings. The largest absolute Gasteiger partial charge is 0.394 e. The summed E-state index contributed by atoms with van der Waals surface area (Å²) in [7, 11) is 0. The fraction of sp³-hybridized carbons (Fsp3) is 0.562. The first kappa shape index (κ1) is 12.7. The third-order valence-corrected chi connectivity index (χ3v) is 4.54. The van der Waals surface area contributed by atoms with Crippen molar-refractivity contribution < 1.29 is 9.90 Å². The Labute approximate surface area is 114 Å². The summed E-state index contributed by atoms with van der Waals surface area (Å²) < 4.78 is 0. The summed E-state index contributed by atoms with van der Waals surface area (Å²) in [6, 6.07) is 8.36. The summed E-state index contributed by atoms with van der Waals surface area (Å²) >= 11 is 0. The average molecular weight is 259 g/mol. The van der Waals surface area contributed by atoms with E-state index in [0.29, 0.717) is 0 Å². The lowest BCUT2D eigenvalue weighted by molar-refractivity contribution is -0.134. The molecule has 1 N–H and O–H groups in total. The van der Waals surface area contributed by atoms with Crippen molar-refractivity contribution in [3.63, 3.8) is 0 Å². The fourth-order valence-corrected chi connectivity index (χ4v) is 3.53. The van der Waals surface area contributed by atoms with Crippen LogP contribution in [0.2, 0.25) is 0 Å². The van der Waals surface area contributed by atoms with E-state index in [4.69, 9.17) is 0 Å². The number of aliphatic hydroxyl groups is 1. The molecule has 1 heterocycles. The molecule has 1 saturated heterocycles. The van der Waals surface area contributed by atoms with Gasteiger partial charge in [0.15, 0.2) is 0 Å². The number of likely N-dealkylation sites (tertiary alicyclic amines) is 1. The van der Waals surface area contributed by atoms with E-state index in [-0.39, 0.29) is 24.5 Å². The first-order chi connectivity index (χ1) is 9.31. The quantitative estimate of drug-likeness (QED) is 0.883. The zero-order valence-electron chi connectivity index (χ0n) is 11.2. The summed E-state index contributed by atoms with van der Waals surface area (Å²) in [5.41, 5.74) is 2.54. The van der Waals surface area contributed by atoms with Crippen molar-refractivity contribution in [2.24, 2.45) is 0 Å². The van der Waals surface area contributed by atoms with Crippen LogP contribution >= 0.6 is 0 Å². The maximum atomic E-state index is 12.7. The molecule has 19 heavy (non-hydrogen) atoms. The molecule has 0 radical (unpaired) electrons. The van der Waals surface area contributed by atoms with Crippen molar-refractivity contribution in [2.75, 3.05) is 13.2 Å². The lowest BCUT2D eigenvalue weighted by Crippen LogP contribution is -2.41. The highest BCUT2D eigenvalue weighted by Crippen LogP contribution is 2.34. The molecule has 1 amide bonds. The van der Waals surface area contributed by atoms with Gasteiger partial charge >= 0.3 is 0 Å². The Bertz CT molecular complexity index is 472. The van der Waals surface area contributed by atoms with Gasteiger partial charge in [-0.2, -0.15) is 0 Å². The molecule has 0 saturated carbocycles. The fourth-order valence-electron chi connectivity index (χ4n) is 3.53. The Balaban J connectivity index is 1.85. The maximum absolute atomic E-state index is 12.7. The average Bonchev–Trinajstić information content (AvgIpc) is 2.94. The lowest BCUT2D eigenvalue weighted by atomic mass is 9.82. The second kappa shape index (κ2) is 5.33. The molecule has 0 spiro atoms. The van der Waals surface area contributed by atoms with Crippen LogP contribution in [0, 0.1) is 0 Å². The molecular weight excluding hydrogens is 238 g/mol. The highest BCUT2D eigenvalue weighted by atomic mass is 16.3. The van der Waals surface area contributed by atoms with Crippen LogP contribution in [0.5, 0.6) is 0 Å². The number of rotatable bonds is 2. The zero-order chi connectivity index (χ0) is 13.2. The minimum absolute atomic E-state index is 0.0112. The van der Waals surface area contributed by atoms with Crippen LogP contribution in [0.25, 0.3) is 0 Å². The predicted molar refractivity (Wildman–Crippen MR) is 73.9 cm³/mol. The molecule has 1 aromatic carbocycles. The van der Waals surface area contributed by atoms with Crippen molar-refractivity contribution in [3.8, 4) is 0 Å². The third-order valence-electron chi connectivity index (χ3n) is 4.54. The second-order valence-corrected chi connectivity index (χ2v) is 5.65. The number of carbonyl (C=O) groups excluding carboxylic acids is 1. The summed E-state index contributed by atoms with van der Waals surface area (Å²) in [6.45, 7) is 0.906. The standard InChI is InChI=1S/C16H21NO2/c18-11-13-7-4-10-17(13)16(19)15-9-3-6-12-5-1-2-8-14(12)15/h1-2,5,8,13,15,18H,3-4,6-7,9-11H2. The van der Waals surface area contributed by atoms with E-state index in [0.717, 1.165) is 38.6 Å². The van der Waals surface area contributed by atoms with Crippen molar-refractivity contribution >= 4 is 5.91 Å². The molecule has 0 bridgehead atoms. The van der Waals surface area contributed by atoms with E-state index in [1.165, 1.54) is 11.1 Å². The van der Waals surface area contributed by atoms with Gasteiger partial charge in [0.1, 0.15) is 0 Å². The first-order valence-corrected chi connectivity index (χ1v) is 7.30. The summed E-state index contributed by atoms with van der Waals surface area (Å²) in [6.07, 6.45) is 5.08. The maximum Gasteiger partial charge on any atom is 0.230 e. The molecule has 2 aliphatic rings. The van der Waals surface area contributed by atoms with E-state index in [2.05, 4.69) is 18.2 Å². The summed E-state index contributed by atoms with van der Waals surface area (Å²) in [4.78, 5) is 14.7. The molecule has 3 rings (SSSR count). The smallest absolute Gasteiger partial charge is 0.230 e. The van der Waals surface area contributed by atoms with Gasteiger partial charge in [0, 0.05) is 6.54 Å². The minimum Gasteiger partial charge on any atom is -0.394 e. The number of nitrogens with zero attached hydrogens (tertiary/aromatic N) is 1. The van der Waals surface area contributed by atoms with Crippen LogP contribution in [0.15, 0.2) is 24.3 Å². The van der Waals surface area contributed by atoms with Gasteiger partial charge in [0.2, 0.25) is 5.91 Å². The SMILES string of the molecule is O=C(C1CCCc2ccccc21)N1CCCC1CO. The van der Waals surface area contributed by atoms with E-state index >= 15 is 0 Å². The Morgan fingerprint density at radius 2 is 2.11 bits per heavy atom. The highest BCUT2D eigenvalue weighted by molar-refractivity contribution is 5.85. The van der Waals surface area contributed by atoms with E-state index in [1.54, 1.807) is 0 Å². The Hall–Kier alpha value is -1.35. The van der Waals surface area contributed by atoms with Gasteiger partial charge in [0.05, 0.1) is 18.6 Å². The number of fused-ring (bicyclic) bond motifs is 1. The number of aryl methyl sites for hydroxylation is 1. The number of amides is 1. The molecule has 0 aromatic heterocycles. The lowest BCUT2D eigenvalue weighted by Gasteiger charge is -2.31. The zero-order valence-corrected chi connectivity index (χ0v) is 11.2. The van der Waals surface area contributed by atoms with Crippen LogP contribution in [-0.2, 0) is 11.2 Å². The second-order valence-electron chi connectivity index (χ2n) is 5.65. The molecule has 1 fully saturated rings. The number of aliphatic hydroxyl groups excluding tert-OH is 1. The monoisotopic (exact) mass is 259 g/mol. The molecule has 102 valence electrons. The number of hydrogen-bond acceptors (Lipinski definition) is 2. The van der Waals surface area contributed by atoms with Gasteiger partial charge < -0.3 is 10.0 Å². The summed E-state index contributed by atoms with van der Waals surface area (Å²) in [5, 5.41) is 9.39. The molecular formula is C16H21NO2. The number of benzene rings is 1. The van der Waals surface area contributed by atoms with Gasteiger partial charge in [-0.3, -0.25) is 4.79 Å². The van der Waals surface area contributed by atoms with E-state index < -0.39 is 0 Å². The molecule has 2 atom stereocenters. The van der Waals surface area contributed by atoms with Crippen LogP contribution in [0.3, 0.4) is 0 Å². The van der Waals surface area contributed by atoms with Gasteiger partial charge in [-0.05, 0) is 43.2 Å². The molecule has 1 aliphatic carbocycles. The minimum atomic E-state index is 0.0112. The Kier molecular flexibility index (Phi) is 3.56. The van der Waals surface area contributed by atoms with Gasteiger partial charge in [0.25, 0.3) is 0 Å². The number of carbonyl (C=O) groups is 1. The Morgan fingerprint density at radius 3 is 2.95 bits per heavy atom. The van der Waals surface area contributed by atoms with Crippen LogP contribution < -0.4 is 0 Å². The van der Waals surface area contributed by atoms with Crippen LogP contribution in [-0.4, -0.2) is 35.1 Å². The van der Waals surface area contributed by atoms with Crippen molar-refractivity contribution in [3.05, 3.63) is 35.4 Å². The van der Waals surface area contributed by atoms with Gasteiger partial charge in [-0.15, -0.1) is 0 Å². The third kappa shape index (κ3) is 2.27. The normalized spacial score (nSPS) is 26.3. The van der Waals surface area contributed by atoms with Crippen LogP contribution in [0.1, 0.15) is 42.7 Å². The van der Waals surface area contributed by atoms with E-state index in [9.17, 15) is 9.90 Å². The number of hydrogen-bond donors (Lipinski definition) is 1. The van der Waals surface area contributed by atoms with Gasteiger partial charge in [-0.25, -0.2) is 0 Å². The first-order valence-electron chi connectivity index (χ1n) is 7.30. The van der Waals surface area contributed by atoms with Crippen molar-refractivity contribution in [2.45, 2.75) is 44.1 Å². The molecule has 3 nitrogen and oxygen atoms in total. The molecule has 3 heteroatoms. The summed E-state index contributed by atoms with van der Waals surface area (Å²) in [5.74, 6) is 0.237.